The van der Waals surface area contributed by atoms with Crippen LogP contribution in [0.25, 0.3) is 0 Å². The third-order valence-corrected chi connectivity index (χ3v) is 7.15. The Hall–Kier alpha value is -1.97. The number of hydrogen-bond donors (Lipinski definition) is 1. The molecule has 0 unspecified atom stereocenters. The Kier molecular flexibility index (Phi) is 6.60. The number of aryl methyl sites for hydroxylation is 1. The number of benzene rings is 2. The van der Waals surface area contributed by atoms with Crippen molar-refractivity contribution in [3.63, 3.8) is 0 Å². The van der Waals surface area contributed by atoms with Crippen LogP contribution in [0.5, 0.6) is 17.2 Å². The van der Waals surface area contributed by atoms with Crippen molar-refractivity contribution in [2.45, 2.75) is 24.3 Å². The molecule has 0 amide bonds. The maximum Gasteiger partial charge on any atom is 0.263 e. The Labute approximate surface area is 180 Å². The van der Waals surface area contributed by atoms with Gasteiger partial charge >= 0.3 is 0 Å². The van der Waals surface area contributed by atoms with E-state index in [4.69, 9.17) is 14.2 Å². The van der Waals surface area contributed by atoms with Gasteiger partial charge < -0.3 is 19.1 Å². The van der Waals surface area contributed by atoms with E-state index in [2.05, 4.69) is 32.6 Å². The van der Waals surface area contributed by atoms with Crippen molar-refractivity contribution in [1.82, 2.24) is 4.90 Å². The molecule has 0 saturated carbocycles. The second-order valence-corrected chi connectivity index (χ2v) is 9.52. The number of likely N-dealkylation sites (tertiary alicyclic amines) is 1. The molecule has 7 nitrogen and oxygen atoms in total. The number of nitrogens with zero attached hydrogens (tertiary/aromatic N) is 1. The smallest absolute Gasteiger partial charge is 0.263 e. The topological polar surface area (TPSA) is 77.1 Å². The normalized spacial score (nSPS) is 17.2. The number of methoxy groups -OCH3 is 2. The minimum atomic E-state index is -3.86. The van der Waals surface area contributed by atoms with Gasteiger partial charge in [0.2, 0.25) is 0 Å². The standard InChI is InChI=1S/C20H25BrN2O5S/c1-13-5-6-14(9-17(13)28-15-7-8-23(2)12-15)22-29(24,25)20-11-19(27-4)18(26-3)10-16(20)21/h5-6,9-11,15,22H,7-8,12H2,1-4H3/t15-/m1/s1. The van der Waals surface area contributed by atoms with Crippen molar-refractivity contribution in [1.29, 1.82) is 0 Å². The molecule has 0 bridgehead atoms. The number of ether oxygens (including phenoxy) is 3. The zero-order valence-electron chi connectivity index (χ0n) is 16.9. The zero-order chi connectivity index (χ0) is 21.2. The van der Waals surface area contributed by atoms with Crippen LogP contribution in [0.4, 0.5) is 5.69 Å². The predicted molar refractivity (Wildman–Crippen MR) is 116 cm³/mol. The highest BCUT2D eigenvalue weighted by atomic mass is 79.9. The summed E-state index contributed by atoms with van der Waals surface area (Å²) in [7, 11) is 1.14. The lowest BCUT2D eigenvalue weighted by atomic mass is 10.2. The molecule has 1 fully saturated rings. The molecule has 1 N–H and O–H groups in total. The Bertz CT molecular complexity index is 997. The molecule has 1 atom stereocenters. The number of rotatable bonds is 7. The molecule has 3 rings (SSSR count). The SMILES string of the molecule is COc1cc(Br)c(S(=O)(=O)Nc2ccc(C)c(O[C@@H]3CCN(C)C3)c2)cc1OC. The van der Waals surface area contributed by atoms with Gasteiger partial charge in [-0.2, -0.15) is 0 Å². The Morgan fingerprint density at radius 1 is 1.10 bits per heavy atom. The first kappa shape index (κ1) is 21.7. The highest BCUT2D eigenvalue weighted by molar-refractivity contribution is 9.10. The Morgan fingerprint density at radius 2 is 1.79 bits per heavy atom. The van der Waals surface area contributed by atoms with Gasteiger partial charge in [0.1, 0.15) is 16.7 Å². The lowest BCUT2D eigenvalue weighted by Crippen LogP contribution is -2.21. The highest BCUT2D eigenvalue weighted by Gasteiger charge is 2.24. The number of likely N-dealkylation sites (N-methyl/N-ethyl adjacent to an activating group) is 1. The summed E-state index contributed by atoms with van der Waals surface area (Å²) in [4.78, 5) is 2.26. The first-order valence-electron chi connectivity index (χ1n) is 9.13. The van der Waals surface area contributed by atoms with Gasteiger partial charge in [-0.05, 0) is 54.0 Å². The minimum Gasteiger partial charge on any atom is -0.493 e. The molecular weight excluding hydrogens is 460 g/mol. The third kappa shape index (κ3) is 4.96. The van der Waals surface area contributed by atoms with Crippen molar-refractivity contribution in [3.05, 3.63) is 40.4 Å². The van der Waals surface area contributed by atoms with E-state index in [1.165, 1.54) is 20.3 Å². The number of sulfonamides is 1. The van der Waals surface area contributed by atoms with Gasteiger partial charge in [-0.3, -0.25) is 4.72 Å². The number of nitrogens with one attached hydrogen (secondary N) is 1. The molecular formula is C20H25BrN2O5S. The van der Waals surface area contributed by atoms with Gasteiger partial charge in [0, 0.05) is 29.7 Å². The van der Waals surface area contributed by atoms with Gasteiger partial charge in [0.05, 0.1) is 19.9 Å². The van der Waals surface area contributed by atoms with Gasteiger partial charge in [-0.1, -0.05) is 6.07 Å². The maximum absolute atomic E-state index is 13.0. The number of hydrogen-bond acceptors (Lipinski definition) is 6. The van der Waals surface area contributed by atoms with Crippen LogP contribution in [-0.2, 0) is 10.0 Å². The fourth-order valence-electron chi connectivity index (χ4n) is 3.21. The second-order valence-electron chi connectivity index (χ2n) is 7.01. The summed E-state index contributed by atoms with van der Waals surface area (Å²) in [5.41, 5.74) is 1.38. The summed E-state index contributed by atoms with van der Waals surface area (Å²) in [5.74, 6) is 1.44. The van der Waals surface area contributed by atoms with E-state index in [1.807, 2.05) is 13.0 Å². The quantitative estimate of drug-likeness (QED) is 0.645. The van der Waals surface area contributed by atoms with E-state index in [-0.39, 0.29) is 11.0 Å². The van der Waals surface area contributed by atoms with Crippen LogP contribution in [0, 0.1) is 6.92 Å². The van der Waals surface area contributed by atoms with E-state index in [1.54, 1.807) is 18.2 Å². The van der Waals surface area contributed by atoms with Crippen LogP contribution in [0.3, 0.4) is 0 Å². The van der Waals surface area contributed by atoms with Crippen molar-refractivity contribution in [2.75, 3.05) is 39.1 Å². The lowest BCUT2D eigenvalue weighted by molar-refractivity contribution is 0.207. The molecule has 0 spiro atoms. The molecule has 29 heavy (non-hydrogen) atoms. The first-order valence-corrected chi connectivity index (χ1v) is 11.4. The average Bonchev–Trinajstić information content (AvgIpc) is 3.08. The molecule has 1 aliphatic rings. The fourth-order valence-corrected chi connectivity index (χ4v) is 5.30. The summed E-state index contributed by atoms with van der Waals surface area (Å²) < 4.78 is 45.5. The molecule has 1 saturated heterocycles. The molecule has 0 radical (unpaired) electrons. The summed E-state index contributed by atoms with van der Waals surface area (Å²) >= 11 is 3.31. The van der Waals surface area contributed by atoms with Gasteiger partial charge in [-0.25, -0.2) is 8.42 Å². The van der Waals surface area contributed by atoms with E-state index in [9.17, 15) is 8.42 Å². The van der Waals surface area contributed by atoms with Gasteiger partial charge in [0.25, 0.3) is 10.0 Å². The van der Waals surface area contributed by atoms with E-state index < -0.39 is 10.0 Å². The van der Waals surface area contributed by atoms with Gasteiger partial charge in [-0.15, -0.1) is 0 Å². The Morgan fingerprint density at radius 3 is 2.41 bits per heavy atom. The van der Waals surface area contributed by atoms with E-state index in [0.29, 0.717) is 27.4 Å². The van der Waals surface area contributed by atoms with Crippen LogP contribution >= 0.6 is 15.9 Å². The monoisotopic (exact) mass is 484 g/mol. The number of anilines is 1. The molecule has 2 aromatic rings. The molecule has 1 heterocycles. The lowest BCUT2D eigenvalue weighted by Gasteiger charge is -2.17. The van der Waals surface area contributed by atoms with Crippen LogP contribution < -0.4 is 18.9 Å². The van der Waals surface area contributed by atoms with E-state index >= 15 is 0 Å². The molecule has 0 aromatic heterocycles. The van der Waals surface area contributed by atoms with Crippen molar-refractivity contribution >= 4 is 31.6 Å². The van der Waals surface area contributed by atoms with Crippen LogP contribution in [0.2, 0.25) is 0 Å². The van der Waals surface area contributed by atoms with Crippen LogP contribution in [0.1, 0.15) is 12.0 Å². The molecule has 1 aliphatic heterocycles. The Balaban J connectivity index is 1.86. The summed E-state index contributed by atoms with van der Waals surface area (Å²) in [5, 5.41) is 0. The third-order valence-electron chi connectivity index (χ3n) is 4.81. The summed E-state index contributed by atoms with van der Waals surface area (Å²) in [6, 6.07) is 8.27. The van der Waals surface area contributed by atoms with Gasteiger partial charge in [0.15, 0.2) is 11.5 Å². The maximum atomic E-state index is 13.0. The molecule has 9 heteroatoms. The first-order chi connectivity index (χ1) is 13.7. The van der Waals surface area contributed by atoms with Crippen LogP contribution in [0.15, 0.2) is 39.7 Å². The van der Waals surface area contributed by atoms with Crippen LogP contribution in [-0.4, -0.2) is 53.8 Å². The second kappa shape index (κ2) is 8.81. The predicted octanol–water partition coefficient (Wildman–Crippen LogP) is 3.66. The fraction of sp³-hybridized carbons (Fsp3) is 0.400. The summed E-state index contributed by atoms with van der Waals surface area (Å²) in [6.45, 7) is 3.79. The highest BCUT2D eigenvalue weighted by Crippen LogP contribution is 2.36. The van der Waals surface area contributed by atoms with Crippen molar-refractivity contribution in [3.8, 4) is 17.2 Å². The van der Waals surface area contributed by atoms with Crippen molar-refractivity contribution < 1.29 is 22.6 Å². The molecule has 0 aliphatic carbocycles. The zero-order valence-corrected chi connectivity index (χ0v) is 19.3. The largest absolute Gasteiger partial charge is 0.493 e. The average molecular weight is 485 g/mol. The molecule has 158 valence electrons. The number of halogens is 1. The summed E-state index contributed by atoms with van der Waals surface area (Å²) in [6.07, 6.45) is 1.05. The minimum absolute atomic E-state index is 0.0515. The van der Waals surface area contributed by atoms with Crippen molar-refractivity contribution in [2.24, 2.45) is 0 Å². The molecule has 2 aromatic carbocycles. The van der Waals surface area contributed by atoms with E-state index in [0.717, 1.165) is 25.1 Å².